The summed E-state index contributed by atoms with van der Waals surface area (Å²) in [5.74, 6) is 0.770. The minimum atomic E-state index is -0.296. The molecule has 2 N–H and O–H groups in total. The van der Waals surface area contributed by atoms with Crippen molar-refractivity contribution in [2.45, 2.75) is 65.2 Å². The van der Waals surface area contributed by atoms with E-state index in [9.17, 15) is 15.0 Å². The van der Waals surface area contributed by atoms with Gasteiger partial charge >= 0.3 is 5.97 Å². The zero-order chi connectivity index (χ0) is 24.4. The molecule has 174 valence electrons. The molecular weight excluding hydrogens is 412 g/mol. The van der Waals surface area contributed by atoms with E-state index in [-0.39, 0.29) is 29.0 Å². The molecule has 33 heavy (non-hydrogen) atoms. The van der Waals surface area contributed by atoms with Crippen LogP contribution in [0.2, 0.25) is 0 Å². The first kappa shape index (κ1) is 24.4. The SMILES string of the molecule is CC(C)(C)c1cc(CCC(=O)Oc2ccc(-c3ccc(O)cc3)cc2)cc(C(C)(C)C)c1O. The highest BCUT2D eigenvalue weighted by Crippen LogP contribution is 2.40. The summed E-state index contributed by atoms with van der Waals surface area (Å²) in [4.78, 5) is 12.5. The van der Waals surface area contributed by atoms with E-state index in [4.69, 9.17) is 4.74 Å². The van der Waals surface area contributed by atoms with Crippen LogP contribution in [0, 0.1) is 0 Å². The molecule has 3 aromatic carbocycles. The zero-order valence-electron chi connectivity index (χ0n) is 20.4. The molecule has 0 heterocycles. The molecule has 0 fully saturated rings. The van der Waals surface area contributed by atoms with Crippen LogP contribution in [0.5, 0.6) is 17.2 Å². The fourth-order valence-electron chi connectivity index (χ4n) is 3.78. The highest BCUT2D eigenvalue weighted by Gasteiger charge is 2.26. The third-order valence-electron chi connectivity index (χ3n) is 5.69. The van der Waals surface area contributed by atoms with Crippen LogP contribution in [0.4, 0.5) is 0 Å². The fourth-order valence-corrected chi connectivity index (χ4v) is 3.78. The Labute approximate surface area is 196 Å². The molecule has 0 saturated carbocycles. The predicted octanol–water partition coefficient (Wildman–Crippen LogP) is 6.90. The van der Waals surface area contributed by atoms with Gasteiger partial charge in [-0.1, -0.05) is 77.9 Å². The van der Waals surface area contributed by atoms with Gasteiger partial charge in [0.15, 0.2) is 0 Å². The first-order chi connectivity index (χ1) is 15.3. The van der Waals surface area contributed by atoms with Crippen LogP contribution in [0.1, 0.15) is 64.7 Å². The minimum Gasteiger partial charge on any atom is -0.508 e. The van der Waals surface area contributed by atoms with Gasteiger partial charge in [0, 0.05) is 6.42 Å². The molecule has 0 spiro atoms. The van der Waals surface area contributed by atoms with Crippen molar-refractivity contribution in [2.24, 2.45) is 0 Å². The molecule has 0 aliphatic rings. The molecule has 0 atom stereocenters. The number of esters is 1. The summed E-state index contributed by atoms with van der Waals surface area (Å²) in [5, 5.41) is 20.3. The molecule has 4 heteroatoms. The summed E-state index contributed by atoms with van der Waals surface area (Å²) in [7, 11) is 0. The van der Waals surface area contributed by atoms with Crippen molar-refractivity contribution in [3.05, 3.63) is 77.4 Å². The maximum absolute atomic E-state index is 12.5. The Hall–Kier alpha value is -3.27. The van der Waals surface area contributed by atoms with Crippen molar-refractivity contribution in [3.63, 3.8) is 0 Å². The number of carbonyl (C=O) groups is 1. The van der Waals surface area contributed by atoms with Gasteiger partial charge in [0.1, 0.15) is 17.2 Å². The van der Waals surface area contributed by atoms with Gasteiger partial charge in [0.05, 0.1) is 0 Å². The molecule has 0 aromatic heterocycles. The van der Waals surface area contributed by atoms with Gasteiger partial charge in [-0.05, 0) is 69.3 Å². The molecule has 0 amide bonds. The number of rotatable bonds is 5. The van der Waals surface area contributed by atoms with Crippen molar-refractivity contribution in [1.29, 1.82) is 0 Å². The van der Waals surface area contributed by atoms with Crippen molar-refractivity contribution in [3.8, 4) is 28.4 Å². The molecule has 0 saturated heterocycles. The zero-order valence-corrected chi connectivity index (χ0v) is 20.4. The Balaban J connectivity index is 1.70. The minimum absolute atomic E-state index is 0.208. The summed E-state index contributed by atoms with van der Waals surface area (Å²) in [6.07, 6.45) is 0.786. The number of aryl methyl sites for hydroxylation is 1. The lowest BCUT2D eigenvalue weighted by Gasteiger charge is -2.28. The lowest BCUT2D eigenvalue weighted by atomic mass is 9.78. The standard InChI is InChI=1S/C29H34O4/c1-28(2,3)24-17-19(18-25(27(24)32)29(4,5)6)7-16-26(31)33-23-14-10-21(11-15-23)20-8-12-22(30)13-9-20/h8-15,17-18,30,32H,7,16H2,1-6H3. The fraction of sp³-hybridized carbons (Fsp3) is 0.345. The molecular formula is C29H34O4. The van der Waals surface area contributed by atoms with Crippen LogP contribution in [0.3, 0.4) is 0 Å². The number of benzene rings is 3. The summed E-state index contributed by atoms with van der Waals surface area (Å²) < 4.78 is 5.54. The molecule has 3 rings (SSSR count). The van der Waals surface area contributed by atoms with E-state index < -0.39 is 0 Å². The average Bonchev–Trinajstić information content (AvgIpc) is 2.72. The molecule has 0 aliphatic carbocycles. The second kappa shape index (κ2) is 9.30. The number of aromatic hydroxyl groups is 2. The van der Waals surface area contributed by atoms with Gasteiger partial charge in [0.2, 0.25) is 0 Å². The van der Waals surface area contributed by atoms with Crippen LogP contribution in [0.25, 0.3) is 11.1 Å². The summed E-state index contributed by atoms with van der Waals surface area (Å²) in [5.41, 5.74) is 4.33. The number of hydrogen-bond acceptors (Lipinski definition) is 4. The second-order valence-corrected chi connectivity index (χ2v) is 10.6. The van der Waals surface area contributed by atoms with E-state index in [1.54, 1.807) is 24.3 Å². The quantitative estimate of drug-likeness (QED) is 0.330. The van der Waals surface area contributed by atoms with Crippen molar-refractivity contribution >= 4 is 5.97 Å². The maximum Gasteiger partial charge on any atom is 0.311 e. The van der Waals surface area contributed by atoms with Crippen molar-refractivity contribution < 1.29 is 19.7 Å². The van der Waals surface area contributed by atoms with Crippen molar-refractivity contribution in [2.75, 3.05) is 0 Å². The Morgan fingerprint density at radius 1 is 0.758 bits per heavy atom. The number of phenolic OH excluding ortho intramolecular Hbond substituents is 2. The van der Waals surface area contributed by atoms with Crippen LogP contribution in [-0.4, -0.2) is 16.2 Å². The van der Waals surface area contributed by atoms with E-state index in [0.717, 1.165) is 27.8 Å². The number of carbonyl (C=O) groups excluding carboxylic acids is 1. The number of phenols is 2. The van der Waals surface area contributed by atoms with Crippen LogP contribution in [-0.2, 0) is 22.0 Å². The highest BCUT2D eigenvalue weighted by molar-refractivity contribution is 5.73. The van der Waals surface area contributed by atoms with E-state index in [0.29, 0.717) is 17.9 Å². The molecule has 3 aromatic rings. The number of ether oxygens (including phenoxy) is 1. The van der Waals surface area contributed by atoms with Gasteiger partial charge in [-0.3, -0.25) is 4.79 Å². The van der Waals surface area contributed by atoms with Gasteiger partial charge in [-0.25, -0.2) is 0 Å². The topological polar surface area (TPSA) is 66.8 Å². The third kappa shape index (κ3) is 6.16. The van der Waals surface area contributed by atoms with E-state index >= 15 is 0 Å². The van der Waals surface area contributed by atoms with Crippen LogP contribution >= 0.6 is 0 Å². The summed E-state index contributed by atoms with van der Waals surface area (Å²) in [6.45, 7) is 12.5. The first-order valence-electron chi connectivity index (χ1n) is 11.3. The lowest BCUT2D eigenvalue weighted by molar-refractivity contribution is -0.134. The van der Waals surface area contributed by atoms with Gasteiger partial charge < -0.3 is 14.9 Å². The Morgan fingerprint density at radius 3 is 1.67 bits per heavy atom. The smallest absolute Gasteiger partial charge is 0.311 e. The van der Waals surface area contributed by atoms with Crippen LogP contribution in [0.15, 0.2) is 60.7 Å². The first-order valence-corrected chi connectivity index (χ1v) is 11.3. The van der Waals surface area contributed by atoms with Gasteiger partial charge in [-0.2, -0.15) is 0 Å². The normalized spacial score (nSPS) is 11.9. The summed E-state index contributed by atoms with van der Waals surface area (Å²) >= 11 is 0. The molecule has 4 nitrogen and oxygen atoms in total. The van der Waals surface area contributed by atoms with E-state index in [1.807, 2.05) is 36.4 Å². The van der Waals surface area contributed by atoms with Gasteiger partial charge in [-0.15, -0.1) is 0 Å². The Bertz CT molecular complexity index is 1080. The third-order valence-corrected chi connectivity index (χ3v) is 5.69. The maximum atomic E-state index is 12.5. The van der Waals surface area contributed by atoms with Crippen molar-refractivity contribution in [1.82, 2.24) is 0 Å². The predicted molar refractivity (Wildman–Crippen MR) is 133 cm³/mol. The summed E-state index contributed by atoms with van der Waals surface area (Å²) in [6, 6.07) is 18.3. The molecule has 0 unspecified atom stereocenters. The number of hydrogen-bond donors (Lipinski definition) is 2. The lowest BCUT2D eigenvalue weighted by Crippen LogP contribution is -2.18. The Kier molecular flexibility index (Phi) is 6.87. The largest absolute Gasteiger partial charge is 0.508 e. The monoisotopic (exact) mass is 446 g/mol. The van der Waals surface area contributed by atoms with Gasteiger partial charge in [0.25, 0.3) is 0 Å². The molecule has 0 radical (unpaired) electrons. The van der Waals surface area contributed by atoms with E-state index in [1.165, 1.54) is 0 Å². The second-order valence-electron chi connectivity index (χ2n) is 10.6. The highest BCUT2D eigenvalue weighted by atomic mass is 16.5. The molecule has 0 bridgehead atoms. The van der Waals surface area contributed by atoms with E-state index in [2.05, 4.69) is 41.5 Å². The average molecular weight is 447 g/mol. The Morgan fingerprint density at radius 2 is 1.21 bits per heavy atom. The van der Waals surface area contributed by atoms with Crippen LogP contribution < -0.4 is 4.74 Å². The molecule has 0 aliphatic heterocycles.